The first-order chi connectivity index (χ1) is 20.6. The van der Waals surface area contributed by atoms with Crippen LogP contribution in [-0.4, -0.2) is 105 Å². The molecule has 0 saturated carbocycles. The summed E-state index contributed by atoms with van der Waals surface area (Å²) in [5.74, 6) is 0. The Bertz CT molecular complexity index is 1220. The van der Waals surface area contributed by atoms with Crippen molar-refractivity contribution in [1.29, 1.82) is 0 Å². The zero-order chi connectivity index (χ0) is 31.8. The molecule has 0 aliphatic heterocycles. The Balaban J connectivity index is 1.67. The van der Waals surface area contributed by atoms with Gasteiger partial charge in [-0.1, -0.05) is 0 Å². The van der Waals surface area contributed by atoms with Crippen molar-refractivity contribution < 1.29 is 13.3 Å². The molecule has 0 aliphatic carbocycles. The molecule has 0 saturated heterocycles. The smallest absolute Gasteiger partial charge is 0.380 e. The van der Waals surface area contributed by atoms with Crippen LogP contribution in [0.4, 0.5) is 22.7 Å². The van der Waals surface area contributed by atoms with Crippen LogP contribution in [-0.2, 0) is 13.3 Å². The largest absolute Gasteiger partial charge is 0.500 e. The van der Waals surface area contributed by atoms with E-state index >= 15 is 0 Å². The van der Waals surface area contributed by atoms with Crippen molar-refractivity contribution in [2.45, 2.75) is 52.5 Å². The average molecular weight is 625 g/mol. The summed E-state index contributed by atoms with van der Waals surface area (Å²) in [6.07, 6.45) is 3.15. The van der Waals surface area contributed by atoms with Crippen LogP contribution < -0.4 is 43.0 Å². The first-order valence-electron chi connectivity index (χ1n) is 15.5. The summed E-state index contributed by atoms with van der Waals surface area (Å²) in [5.41, 5.74) is -0.434. The van der Waals surface area contributed by atoms with E-state index in [2.05, 4.69) is 31.1 Å². The third kappa shape index (κ3) is 11.1. The molecule has 244 valence electrons. The summed E-state index contributed by atoms with van der Waals surface area (Å²) in [6.45, 7) is 12.1. The van der Waals surface area contributed by atoms with Gasteiger partial charge < -0.3 is 44.3 Å². The van der Waals surface area contributed by atoms with Crippen molar-refractivity contribution >= 4 is 31.6 Å². The molecule has 0 atom stereocenters. The normalized spacial score (nSPS) is 12.1. The fourth-order valence-corrected chi connectivity index (χ4v) is 7.43. The van der Waals surface area contributed by atoms with Gasteiger partial charge in [0.2, 0.25) is 0 Å². The molecule has 2 aromatic carbocycles. The van der Waals surface area contributed by atoms with Gasteiger partial charge in [-0.3, -0.25) is 19.2 Å². The Hall–Kier alpha value is -2.62. The molecule has 0 unspecified atom stereocenters. The lowest BCUT2D eigenvalue weighted by molar-refractivity contribution is 0.0710. The van der Waals surface area contributed by atoms with Gasteiger partial charge in [-0.15, -0.1) is 0 Å². The molecule has 43 heavy (non-hydrogen) atoms. The first-order valence-corrected chi connectivity index (χ1v) is 17.4. The zero-order valence-electron chi connectivity index (χ0n) is 26.9. The third-order valence-corrected chi connectivity index (χ3v) is 10.1. The molecule has 0 radical (unpaired) electrons. The molecule has 0 bridgehead atoms. The Morgan fingerprint density at radius 2 is 0.860 bits per heavy atom. The lowest BCUT2D eigenvalue weighted by atomic mass is 10.1. The van der Waals surface area contributed by atoms with Crippen LogP contribution in [0.3, 0.4) is 0 Å². The minimum absolute atomic E-state index is 0.339. The molecule has 13 nitrogen and oxygen atoms in total. The van der Waals surface area contributed by atoms with E-state index in [1.54, 1.807) is 0 Å². The summed E-state index contributed by atoms with van der Waals surface area (Å²) >= 11 is 0. The van der Waals surface area contributed by atoms with Crippen molar-refractivity contribution in [2.24, 2.45) is 0 Å². The van der Waals surface area contributed by atoms with E-state index in [0.717, 1.165) is 38.9 Å². The van der Waals surface area contributed by atoms with Gasteiger partial charge in [0, 0.05) is 52.0 Å². The predicted molar refractivity (Wildman–Crippen MR) is 177 cm³/mol. The number of anilines is 4. The van der Waals surface area contributed by atoms with E-state index in [0.29, 0.717) is 81.2 Å². The van der Waals surface area contributed by atoms with Crippen LogP contribution in [0.15, 0.2) is 19.2 Å². The number of nitrogens with zero attached hydrogens (tertiary/aromatic N) is 2. The number of hydrogen-bond acceptors (Lipinski definition) is 13. The Kier molecular flexibility index (Phi) is 16.1. The first kappa shape index (κ1) is 36.6. The highest BCUT2D eigenvalue weighted by atomic mass is 28.4. The molecule has 2 aromatic rings. The van der Waals surface area contributed by atoms with Crippen molar-refractivity contribution in [1.82, 2.24) is 9.80 Å². The summed E-state index contributed by atoms with van der Waals surface area (Å²) < 4.78 is 17.6. The summed E-state index contributed by atoms with van der Waals surface area (Å²) in [6, 6.07) is 0.622. The fourth-order valence-electron chi connectivity index (χ4n) is 4.82. The number of hydrogen-bond donors (Lipinski definition) is 4. The van der Waals surface area contributed by atoms with Gasteiger partial charge >= 0.3 is 8.80 Å². The topological polar surface area (TPSA) is 151 Å². The van der Waals surface area contributed by atoms with Gasteiger partial charge in [-0.25, -0.2) is 0 Å². The standard InChI is InChI=1S/C29H52N6O7Si/c1-7-40-43(41-8-2,42-9-3)21-13-17-33-25-24(28(38)29(25)39)32-16-12-20-35(6)19-11-15-31-23-22(26(36)27(23)37)30-14-10-18-34(4)5/h30-33H,7-21H2,1-6H3. The van der Waals surface area contributed by atoms with Crippen molar-refractivity contribution in [3.63, 3.8) is 0 Å². The Labute approximate surface area is 256 Å². The van der Waals surface area contributed by atoms with Gasteiger partial charge in [0.05, 0.1) is 0 Å². The minimum atomic E-state index is -2.75. The molecule has 0 amide bonds. The fraction of sp³-hybridized carbons (Fsp3) is 0.724. The van der Waals surface area contributed by atoms with Crippen LogP contribution in [0.1, 0.15) is 46.5 Å². The van der Waals surface area contributed by atoms with E-state index < -0.39 is 30.5 Å². The summed E-state index contributed by atoms with van der Waals surface area (Å²) in [4.78, 5) is 52.4. The second-order valence-electron chi connectivity index (χ2n) is 10.8. The molecule has 0 fully saturated rings. The maximum atomic E-state index is 12.1. The quantitative estimate of drug-likeness (QED) is 0.0678. The SMILES string of the molecule is CCO[Si](CCCNc1c(NCCCN(C)CCCNc2c(NCCCN(C)C)c(=O)c2=O)c(=O)c1=O)(OCC)OCC. The predicted octanol–water partition coefficient (Wildman–Crippen LogP) is 1.33. The average Bonchev–Trinajstić information content (AvgIpc) is 2.98. The van der Waals surface area contributed by atoms with Gasteiger partial charge in [-0.2, -0.15) is 0 Å². The van der Waals surface area contributed by atoms with Crippen molar-refractivity contribution in [2.75, 3.05) is 108 Å². The van der Waals surface area contributed by atoms with E-state index in [9.17, 15) is 19.2 Å². The van der Waals surface area contributed by atoms with E-state index in [-0.39, 0.29) is 0 Å². The zero-order valence-corrected chi connectivity index (χ0v) is 27.9. The van der Waals surface area contributed by atoms with Crippen LogP contribution in [0, 0.1) is 0 Å². The third-order valence-electron chi connectivity index (χ3n) is 7.00. The minimum Gasteiger partial charge on any atom is -0.380 e. The lowest BCUT2D eigenvalue weighted by Crippen LogP contribution is -2.46. The van der Waals surface area contributed by atoms with Crippen LogP contribution >= 0.6 is 0 Å². The van der Waals surface area contributed by atoms with E-state index in [1.807, 2.05) is 41.9 Å². The number of rotatable bonds is 26. The maximum Gasteiger partial charge on any atom is 0.500 e. The summed E-state index contributed by atoms with van der Waals surface area (Å²) in [5, 5.41) is 12.4. The van der Waals surface area contributed by atoms with Crippen molar-refractivity contribution in [3.8, 4) is 0 Å². The Morgan fingerprint density at radius 3 is 1.19 bits per heavy atom. The monoisotopic (exact) mass is 624 g/mol. The van der Waals surface area contributed by atoms with Crippen LogP contribution in [0.25, 0.3) is 0 Å². The van der Waals surface area contributed by atoms with Crippen molar-refractivity contribution in [3.05, 3.63) is 40.9 Å². The lowest BCUT2D eigenvalue weighted by Gasteiger charge is -2.28. The summed E-state index contributed by atoms with van der Waals surface area (Å²) in [7, 11) is 3.25. The van der Waals surface area contributed by atoms with Crippen LogP contribution in [0.5, 0.6) is 0 Å². The highest BCUT2D eigenvalue weighted by molar-refractivity contribution is 6.60. The highest BCUT2D eigenvalue weighted by Crippen LogP contribution is 2.20. The maximum absolute atomic E-state index is 12.1. The highest BCUT2D eigenvalue weighted by Gasteiger charge is 2.39. The Morgan fingerprint density at radius 1 is 0.535 bits per heavy atom. The van der Waals surface area contributed by atoms with E-state index in [4.69, 9.17) is 13.3 Å². The van der Waals surface area contributed by atoms with Crippen LogP contribution in [0.2, 0.25) is 6.04 Å². The molecule has 0 aromatic heterocycles. The molecule has 4 N–H and O–H groups in total. The van der Waals surface area contributed by atoms with Gasteiger partial charge in [0.1, 0.15) is 22.7 Å². The molecule has 0 spiro atoms. The van der Waals surface area contributed by atoms with Gasteiger partial charge in [0.15, 0.2) is 0 Å². The molecule has 0 aliphatic rings. The molecular formula is C29H52N6O7Si. The molecular weight excluding hydrogens is 572 g/mol. The molecule has 0 heterocycles. The number of nitrogens with one attached hydrogen (secondary N) is 4. The van der Waals surface area contributed by atoms with E-state index in [1.165, 1.54) is 0 Å². The molecule has 14 heteroatoms. The second kappa shape index (κ2) is 18.9. The van der Waals surface area contributed by atoms with Gasteiger partial charge in [0.25, 0.3) is 21.7 Å². The second-order valence-corrected chi connectivity index (χ2v) is 13.5. The molecule has 2 rings (SSSR count). The van der Waals surface area contributed by atoms with Gasteiger partial charge in [-0.05, 0) is 87.2 Å².